The van der Waals surface area contributed by atoms with Crippen molar-refractivity contribution >= 4 is 38.3 Å². The van der Waals surface area contributed by atoms with Crippen molar-refractivity contribution in [1.82, 2.24) is 0 Å². The van der Waals surface area contributed by atoms with Gasteiger partial charge in [-0.25, -0.2) is 0 Å². The Morgan fingerprint density at radius 3 is 2.05 bits per heavy atom. The fraction of sp³-hybridized carbons (Fsp3) is 0.0270. The van der Waals surface area contributed by atoms with Crippen molar-refractivity contribution in [2.75, 3.05) is 5.73 Å². The van der Waals surface area contributed by atoms with Gasteiger partial charge in [-0.1, -0.05) is 121 Å². The molecule has 0 fully saturated rings. The number of hydrogen-bond donors (Lipinski definition) is 1. The highest BCUT2D eigenvalue weighted by atomic mass is 32.1. The molecule has 0 saturated carbocycles. The molecule has 0 aliphatic heterocycles. The summed E-state index contributed by atoms with van der Waals surface area (Å²) in [5.41, 5.74) is 18.0. The Morgan fingerprint density at radius 1 is 0.641 bits per heavy atom. The van der Waals surface area contributed by atoms with E-state index in [4.69, 9.17) is 5.73 Å². The summed E-state index contributed by atoms with van der Waals surface area (Å²) in [7, 11) is 0. The molecule has 6 rings (SSSR count). The first kappa shape index (κ1) is 24.7. The van der Waals surface area contributed by atoms with Crippen LogP contribution in [0.25, 0.3) is 43.5 Å². The van der Waals surface area contributed by atoms with Gasteiger partial charge in [0.15, 0.2) is 0 Å². The molecule has 5 aromatic carbocycles. The van der Waals surface area contributed by atoms with Gasteiger partial charge in [0.25, 0.3) is 0 Å². The Balaban J connectivity index is 1.51. The van der Waals surface area contributed by atoms with E-state index in [-0.39, 0.29) is 0 Å². The van der Waals surface area contributed by atoms with Crippen molar-refractivity contribution in [2.45, 2.75) is 6.92 Å². The minimum atomic E-state index is 0.799. The molecule has 0 spiro atoms. The van der Waals surface area contributed by atoms with Crippen LogP contribution in [0, 0.1) is 0 Å². The molecule has 0 saturated heterocycles. The van der Waals surface area contributed by atoms with Gasteiger partial charge < -0.3 is 5.73 Å². The van der Waals surface area contributed by atoms with Gasteiger partial charge in [-0.05, 0) is 80.4 Å². The average Bonchev–Trinajstić information content (AvgIpc) is 3.48. The van der Waals surface area contributed by atoms with Crippen molar-refractivity contribution in [3.63, 3.8) is 0 Å². The van der Waals surface area contributed by atoms with Crippen LogP contribution in [0.1, 0.15) is 23.6 Å². The van der Waals surface area contributed by atoms with E-state index in [0.717, 1.165) is 22.4 Å². The largest absolute Gasteiger partial charge is 0.398 e. The second-order valence-electron chi connectivity index (χ2n) is 9.53. The molecule has 0 aliphatic carbocycles. The zero-order valence-corrected chi connectivity index (χ0v) is 22.7. The van der Waals surface area contributed by atoms with Gasteiger partial charge in [0.05, 0.1) is 0 Å². The minimum Gasteiger partial charge on any atom is -0.398 e. The summed E-state index contributed by atoms with van der Waals surface area (Å²) in [4.78, 5) is 0. The summed E-state index contributed by atoms with van der Waals surface area (Å²) >= 11 is 1.74. The van der Waals surface area contributed by atoms with E-state index in [9.17, 15) is 0 Å². The topological polar surface area (TPSA) is 26.0 Å². The number of hydrogen-bond acceptors (Lipinski definition) is 2. The van der Waals surface area contributed by atoms with Crippen LogP contribution in [0.5, 0.6) is 0 Å². The van der Waals surface area contributed by atoms with Crippen molar-refractivity contribution in [2.24, 2.45) is 0 Å². The first-order valence-electron chi connectivity index (χ1n) is 13.2. The lowest BCUT2D eigenvalue weighted by Crippen LogP contribution is -1.96. The molecule has 1 aromatic heterocycles. The maximum atomic E-state index is 6.64. The zero-order valence-electron chi connectivity index (χ0n) is 21.8. The lowest BCUT2D eigenvalue weighted by Gasteiger charge is -2.17. The Morgan fingerprint density at radius 2 is 1.31 bits per heavy atom. The van der Waals surface area contributed by atoms with E-state index in [1.807, 2.05) is 6.07 Å². The predicted molar refractivity (Wildman–Crippen MR) is 171 cm³/mol. The molecule has 0 atom stereocenters. The normalized spacial score (nSPS) is 12.1. The number of nitrogen functional groups attached to an aromatic ring is 1. The van der Waals surface area contributed by atoms with Crippen LogP contribution >= 0.6 is 11.3 Å². The Hall–Kier alpha value is -4.66. The van der Waals surface area contributed by atoms with E-state index >= 15 is 0 Å². The molecular formula is C37H29NS. The predicted octanol–water partition coefficient (Wildman–Crippen LogP) is 10.4. The second-order valence-corrected chi connectivity index (χ2v) is 10.4. The highest BCUT2D eigenvalue weighted by Gasteiger charge is 2.17. The van der Waals surface area contributed by atoms with E-state index in [0.29, 0.717) is 0 Å². The van der Waals surface area contributed by atoms with Crippen molar-refractivity contribution in [1.29, 1.82) is 0 Å². The SMILES string of the molecule is C/C=C(\C=C(c1ccccc1)c1ccccc1-c1c(N)ccc2ccsc12)c1ccc(-c2ccccc2)cc1. The summed E-state index contributed by atoms with van der Waals surface area (Å²) in [5.74, 6) is 0. The van der Waals surface area contributed by atoms with Gasteiger partial charge in [0.1, 0.15) is 0 Å². The molecule has 0 amide bonds. The molecule has 1 heterocycles. The lowest BCUT2D eigenvalue weighted by atomic mass is 9.87. The number of benzene rings is 5. The number of thiophene rings is 1. The van der Waals surface area contributed by atoms with Gasteiger partial charge in [0, 0.05) is 16.0 Å². The third kappa shape index (κ3) is 4.95. The van der Waals surface area contributed by atoms with Gasteiger partial charge >= 0.3 is 0 Å². The fourth-order valence-corrected chi connectivity index (χ4v) is 6.14. The second kappa shape index (κ2) is 11.0. The van der Waals surface area contributed by atoms with Gasteiger partial charge in [0.2, 0.25) is 0 Å². The maximum Gasteiger partial charge on any atom is 0.0442 e. The highest BCUT2D eigenvalue weighted by Crippen LogP contribution is 2.42. The lowest BCUT2D eigenvalue weighted by molar-refractivity contribution is 1.53. The van der Waals surface area contributed by atoms with Gasteiger partial charge in [-0.3, -0.25) is 0 Å². The Kier molecular flexibility index (Phi) is 6.95. The number of nitrogens with two attached hydrogens (primary N) is 1. The van der Waals surface area contributed by atoms with Crippen molar-refractivity contribution in [3.05, 3.63) is 162 Å². The van der Waals surface area contributed by atoms with E-state index < -0.39 is 0 Å². The number of rotatable bonds is 6. The highest BCUT2D eigenvalue weighted by molar-refractivity contribution is 7.17. The minimum absolute atomic E-state index is 0.799. The number of allylic oxidation sites excluding steroid dienone is 3. The van der Waals surface area contributed by atoms with Gasteiger partial charge in [-0.15, -0.1) is 11.3 Å². The number of fused-ring (bicyclic) bond motifs is 1. The monoisotopic (exact) mass is 519 g/mol. The van der Waals surface area contributed by atoms with Crippen LogP contribution in [0.4, 0.5) is 5.69 Å². The summed E-state index contributed by atoms with van der Waals surface area (Å²) in [6.07, 6.45) is 4.51. The van der Waals surface area contributed by atoms with Crippen LogP contribution in [-0.4, -0.2) is 0 Å². The molecule has 2 heteroatoms. The summed E-state index contributed by atoms with van der Waals surface area (Å²) in [5, 5.41) is 3.36. The molecule has 0 bridgehead atoms. The standard InChI is InChI=1S/C37H29NS/c1-2-26(28-17-19-29(20-18-28)27-11-5-3-6-12-27)25-34(30-13-7-4-8-14-30)32-15-9-10-16-33(32)36-35(38)22-21-31-23-24-39-37(31)36/h2-25H,38H2,1H3/b26-2+,34-25?. The van der Waals surface area contributed by atoms with Gasteiger partial charge in [-0.2, -0.15) is 0 Å². The Bertz CT molecular complexity index is 1790. The third-order valence-corrected chi connectivity index (χ3v) is 8.11. The quantitative estimate of drug-likeness (QED) is 0.172. The van der Waals surface area contributed by atoms with Crippen LogP contribution < -0.4 is 5.73 Å². The molecule has 2 N–H and O–H groups in total. The van der Waals surface area contributed by atoms with E-state index in [1.54, 1.807) is 11.3 Å². The first-order valence-corrected chi connectivity index (χ1v) is 14.1. The third-order valence-electron chi connectivity index (χ3n) is 7.16. The average molecular weight is 520 g/mol. The van der Waals surface area contributed by atoms with Crippen LogP contribution in [0.3, 0.4) is 0 Å². The van der Waals surface area contributed by atoms with E-state index in [1.165, 1.54) is 43.5 Å². The van der Waals surface area contributed by atoms with Crippen molar-refractivity contribution < 1.29 is 0 Å². The Labute approximate surface area is 234 Å². The molecule has 0 unspecified atom stereocenters. The summed E-state index contributed by atoms with van der Waals surface area (Å²) in [6, 6.07) is 44.9. The molecular weight excluding hydrogens is 490 g/mol. The van der Waals surface area contributed by atoms with Crippen LogP contribution in [-0.2, 0) is 0 Å². The van der Waals surface area contributed by atoms with Crippen LogP contribution in [0.15, 0.2) is 145 Å². The van der Waals surface area contributed by atoms with Crippen molar-refractivity contribution in [3.8, 4) is 22.3 Å². The summed E-state index contributed by atoms with van der Waals surface area (Å²) < 4.78 is 1.22. The molecule has 39 heavy (non-hydrogen) atoms. The molecule has 188 valence electrons. The number of anilines is 1. The van der Waals surface area contributed by atoms with Crippen LogP contribution in [0.2, 0.25) is 0 Å². The molecule has 6 aromatic rings. The summed E-state index contributed by atoms with van der Waals surface area (Å²) in [6.45, 7) is 2.11. The smallest absolute Gasteiger partial charge is 0.0442 e. The van der Waals surface area contributed by atoms with E-state index in [2.05, 4.69) is 146 Å². The zero-order chi connectivity index (χ0) is 26.6. The fourth-order valence-electron chi connectivity index (χ4n) is 5.17. The maximum absolute atomic E-state index is 6.64. The molecule has 1 nitrogen and oxygen atoms in total. The first-order chi connectivity index (χ1) is 19.2. The molecule has 0 aliphatic rings. The molecule has 0 radical (unpaired) electrons.